The number of amides is 1. The summed E-state index contributed by atoms with van der Waals surface area (Å²) in [6.07, 6.45) is 2.95. The first-order chi connectivity index (χ1) is 7.84. The quantitative estimate of drug-likeness (QED) is 0.858. The molecule has 17 heavy (non-hydrogen) atoms. The molecule has 1 N–H and O–H groups in total. The monoisotopic (exact) mass is 236 g/mol. The van der Waals surface area contributed by atoms with Gasteiger partial charge in [0.2, 0.25) is 0 Å². The maximum atomic E-state index is 12.1. The van der Waals surface area contributed by atoms with Crippen LogP contribution < -0.4 is 0 Å². The molecule has 1 aromatic rings. The number of carboxylic acid groups (broad SMARTS) is 1. The molecular weight excluding hydrogens is 220 g/mol. The summed E-state index contributed by atoms with van der Waals surface area (Å²) in [6.45, 7) is 3.44. The lowest BCUT2D eigenvalue weighted by molar-refractivity contribution is -0.139. The van der Waals surface area contributed by atoms with Crippen molar-refractivity contribution in [2.75, 3.05) is 7.05 Å². The second kappa shape index (κ2) is 4.95. The minimum absolute atomic E-state index is 0.102. The van der Waals surface area contributed by atoms with Crippen molar-refractivity contribution in [2.24, 2.45) is 0 Å². The summed E-state index contributed by atoms with van der Waals surface area (Å²) in [4.78, 5) is 28.1. The lowest BCUT2D eigenvalue weighted by Gasteiger charge is -2.34. The Bertz CT molecular complexity index is 415. The minimum atomic E-state index is -0.930. The van der Waals surface area contributed by atoms with Gasteiger partial charge in [-0.1, -0.05) is 0 Å². The first-order valence-corrected chi connectivity index (χ1v) is 5.24. The van der Waals surface area contributed by atoms with Crippen LogP contribution in [-0.2, 0) is 4.79 Å². The molecule has 0 fully saturated rings. The molecular formula is C12H16N2O3. The van der Waals surface area contributed by atoms with Gasteiger partial charge in [0.1, 0.15) is 0 Å². The van der Waals surface area contributed by atoms with Crippen LogP contribution >= 0.6 is 0 Å². The predicted molar refractivity (Wildman–Crippen MR) is 62.7 cm³/mol. The SMILES string of the molecule is CN(C(=O)c1cccnc1)C(C)(C)CC(=O)O. The second-order valence-electron chi connectivity index (χ2n) is 4.49. The molecule has 92 valence electrons. The Morgan fingerprint density at radius 3 is 2.59 bits per heavy atom. The third kappa shape index (κ3) is 3.27. The topological polar surface area (TPSA) is 70.5 Å². The third-order valence-corrected chi connectivity index (χ3v) is 2.70. The van der Waals surface area contributed by atoms with Gasteiger partial charge in [0.05, 0.1) is 12.0 Å². The number of pyridine rings is 1. The fraction of sp³-hybridized carbons (Fsp3) is 0.417. The number of rotatable bonds is 4. The highest BCUT2D eigenvalue weighted by atomic mass is 16.4. The molecule has 1 aromatic heterocycles. The Balaban J connectivity index is 2.86. The molecule has 0 unspecified atom stereocenters. The summed E-state index contributed by atoms with van der Waals surface area (Å²) >= 11 is 0. The van der Waals surface area contributed by atoms with E-state index in [2.05, 4.69) is 4.98 Å². The number of hydrogen-bond acceptors (Lipinski definition) is 3. The van der Waals surface area contributed by atoms with E-state index in [0.717, 1.165) is 0 Å². The van der Waals surface area contributed by atoms with E-state index in [1.807, 2.05) is 0 Å². The van der Waals surface area contributed by atoms with Crippen molar-refractivity contribution in [3.05, 3.63) is 30.1 Å². The van der Waals surface area contributed by atoms with E-state index in [4.69, 9.17) is 5.11 Å². The molecule has 0 aliphatic carbocycles. The van der Waals surface area contributed by atoms with Gasteiger partial charge in [-0.05, 0) is 26.0 Å². The van der Waals surface area contributed by atoms with Crippen molar-refractivity contribution >= 4 is 11.9 Å². The summed E-state index contributed by atoms with van der Waals surface area (Å²) in [6, 6.07) is 3.33. The van der Waals surface area contributed by atoms with Crippen molar-refractivity contribution in [1.82, 2.24) is 9.88 Å². The van der Waals surface area contributed by atoms with Gasteiger partial charge in [-0.3, -0.25) is 14.6 Å². The fourth-order valence-corrected chi connectivity index (χ4v) is 1.45. The van der Waals surface area contributed by atoms with Gasteiger partial charge in [-0.2, -0.15) is 0 Å². The molecule has 0 saturated heterocycles. The number of aliphatic carboxylic acids is 1. The fourth-order valence-electron chi connectivity index (χ4n) is 1.45. The summed E-state index contributed by atoms with van der Waals surface area (Å²) in [5, 5.41) is 8.80. The van der Waals surface area contributed by atoms with E-state index in [9.17, 15) is 9.59 Å². The van der Waals surface area contributed by atoms with Crippen LogP contribution in [0.4, 0.5) is 0 Å². The van der Waals surface area contributed by atoms with E-state index in [-0.39, 0.29) is 12.3 Å². The van der Waals surface area contributed by atoms with Gasteiger partial charge >= 0.3 is 5.97 Å². The molecule has 0 aliphatic rings. The van der Waals surface area contributed by atoms with E-state index in [1.165, 1.54) is 11.1 Å². The Kier molecular flexibility index (Phi) is 3.83. The average molecular weight is 236 g/mol. The van der Waals surface area contributed by atoms with Crippen molar-refractivity contribution in [2.45, 2.75) is 25.8 Å². The Morgan fingerprint density at radius 2 is 2.12 bits per heavy atom. The van der Waals surface area contributed by atoms with Crippen LogP contribution in [0.15, 0.2) is 24.5 Å². The van der Waals surface area contributed by atoms with E-state index < -0.39 is 11.5 Å². The highest BCUT2D eigenvalue weighted by molar-refractivity contribution is 5.94. The van der Waals surface area contributed by atoms with Crippen molar-refractivity contribution in [3.8, 4) is 0 Å². The molecule has 1 amide bonds. The molecule has 5 nitrogen and oxygen atoms in total. The molecule has 0 radical (unpaired) electrons. The van der Waals surface area contributed by atoms with Crippen molar-refractivity contribution in [3.63, 3.8) is 0 Å². The third-order valence-electron chi connectivity index (χ3n) is 2.70. The largest absolute Gasteiger partial charge is 0.481 e. The molecule has 5 heteroatoms. The van der Waals surface area contributed by atoms with Crippen LogP contribution in [0.25, 0.3) is 0 Å². The van der Waals surface area contributed by atoms with Gasteiger partial charge in [0.25, 0.3) is 5.91 Å². The van der Waals surface area contributed by atoms with Gasteiger partial charge in [0.15, 0.2) is 0 Å². The lowest BCUT2D eigenvalue weighted by atomic mass is 9.98. The number of carbonyl (C=O) groups is 2. The number of hydrogen-bond donors (Lipinski definition) is 1. The average Bonchev–Trinajstić information content (AvgIpc) is 2.26. The maximum Gasteiger partial charge on any atom is 0.305 e. The molecule has 0 bridgehead atoms. The number of carboxylic acids is 1. The number of aromatic nitrogens is 1. The molecule has 0 spiro atoms. The van der Waals surface area contributed by atoms with Crippen LogP contribution in [-0.4, -0.2) is 39.5 Å². The van der Waals surface area contributed by atoms with E-state index in [0.29, 0.717) is 5.56 Å². The molecule has 0 aliphatic heterocycles. The number of nitrogens with zero attached hydrogens (tertiary/aromatic N) is 2. The lowest BCUT2D eigenvalue weighted by Crippen LogP contribution is -2.46. The molecule has 1 rings (SSSR count). The minimum Gasteiger partial charge on any atom is -0.481 e. The zero-order chi connectivity index (χ0) is 13.1. The zero-order valence-electron chi connectivity index (χ0n) is 10.2. The van der Waals surface area contributed by atoms with Crippen LogP contribution in [0.2, 0.25) is 0 Å². The first kappa shape index (κ1) is 13.2. The van der Waals surface area contributed by atoms with Crippen molar-refractivity contribution in [1.29, 1.82) is 0 Å². The Morgan fingerprint density at radius 1 is 1.47 bits per heavy atom. The van der Waals surface area contributed by atoms with E-state index in [1.54, 1.807) is 39.2 Å². The molecule has 0 atom stereocenters. The molecule has 0 aromatic carbocycles. The highest BCUT2D eigenvalue weighted by Crippen LogP contribution is 2.19. The predicted octanol–water partition coefficient (Wildman–Crippen LogP) is 1.41. The van der Waals surface area contributed by atoms with E-state index >= 15 is 0 Å². The molecule has 0 saturated carbocycles. The highest BCUT2D eigenvalue weighted by Gasteiger charge is 2.30. The Hall–Kier alpha value is -1.91. The summed E-state index contributed by atoms with van der Waals surface area (Å²) in [7, 11) is 1.60. The smallest absolute Gasteiger partial charge is 0.305 e. The summed E-state index contributed by atoms with van der Waals surface area (Å²) in [5.74, 6) is -1.16. The Labute approximate surface area is 100 Å². The van der Waals surface area contributed by atoms with Crippen LogP contribution in [0.1, 0.15) is 30.6 Å². The standard InChI is InChI=1S/C12H16N2O3/c1-12(2,7-10(15)16)14(3)11(17)9-5-4-6-13-8-9/h4-6,8H,7H2,1-3H3,(H,15,16). The van der Waals surface area contributed by atoms with Gasteiger partial charge in [-0.25, -0.2) is 0 Å². The molecule has 1 heterocycles. The summed E-state index contributed by atoms with van der Waals surface area (Å²) < 4.78 is 0. The van der Waals surface area contributed by atoms with Gasteiger partial charge < -0.3 is 10.0 Å². The van der Waals surface area contributed by atoms with Gasteiger partial charge in [-0.15, -0.1) is 0 Å². The summed E-state index contributed by atoms with van der Waals surface area (Å²) in [5.41, 5.74) is -0.285. The van der Waals surface area contributed by atoms with Crippen LogP contribution in [0.3, 0.4) is 0 Å². The normalized spacial score (nSPS) is 11.0. The van der Waals surface area contributed by atoms with Gasteiger partial charge in [0, 0.05) is 25.0 Å². The first-order valence-electron chi connectivity index (χ1n) is 5.24. The van der Waals surface area contributed by atoms with Crippen molar-refractivity contribution < 1.29 is 14.7 Å². The van der Waals surface area contributed by atoms with Crippen LogP contribution in [0.5, 0.6) is 0 Å². The van der Waals surface area contributed by atoms with Crippen LogP contribution in [0, 0.1) is 0 Å². The second-order valence-corrected chi connectivity index (χ2v) is 4.49. The number of carbonyl (C=O) groups excluding carboxylic acids is 1. The zero-order valence-corrected chi connectivity index (χ0v) is 10.2. The maximum absolute atomic E-state index is 12.1.